The van der Waals surface area contributed by atoms with E-state index >= 15 is 0 Å². The van der Waals surface area contributed by atoms with Gasteiger partial charge < -0.3 is 0 Å². The number of hydrogen-bond donors (Lipinski definition) is 0. The van der Waals surface area contributed by atoms with Crippen molar-refractivity contribution in [2.24, 2.45) is 10.4 Å². The zero-order valence-electron chi connectivity index (χ0n) is 7.06. The van der Waals surface area contributed by atoms with Crippen molar-refractivity contribution in [1.29, 1.82) is 0 Å². The normalized spacial score (nSPS) is 32.6. The molecule has 0 saturated carbocycles. The predicted molar refractivity (Wildman–Crippen MR) is 45.6 cm³/mol. The maximum Gasteiger partial charge on any atom is 0.0385 e. The van der Waals surface area contributed by atoms with Crippen molar-refractivity contribution in [1.82, 2.24) is 0 Å². The first-order valence-corrected chi connectivity index (χ1v) is 4.28. The van der Waals surface area contributed by atoms with Gasteiger partial charge in [-0.25, -0.2) is 0 Å². The quantitative estimate of drug-likeness (QED) is 0.557. The summed E-state index contributed by atoms with van der Waals surface area (Å²) in [4.78, 5) is 4.32. The third-order valence-electron chi connectivity index (χ3n) is 2.26. The predicted octanol–water partition coefficient (Wildman–Crippen LogP) is 2.66. The van der Waals surface area contributed by atoms with Crippen LogP contribution in [0.2, 0.25) is 0 Å². The Hall–Kier alpha value is -0.330. The molecule has 1 atom stereocenters. The van der Waals surface area contributed by atoms with Crippen LogP contribution in [0.3, 0.4) is 0 Å². The minimum Gasteiger partial charge on any atom is -0.297 e. The Morgan fingerprint density at radius 2 is 2.40 bits per heavy atom. The van der Waals surface area contributed by atoms with Gasteiger partial charge in [0.25, 0.3) is 0 Å². The van der Waals surface area contributed by atoms with E-state index in [9.17, 15) is 0 Å². The van der Waals surface area contributed by atoms with Gasteiger partial charge in [-0.15, -0.1) is 0 Å². The summed E-state index contributed by atoms with van der Waals surface area (Å²) < 4.78 is 0. The molecule has 0 aromatic carbocycles. The fourth-order valence-electron chi connectivity index (χ4n) is 1.68. The van der Waals surface area contributed by atoms with E-state index in [0.29, 0.717) is 5.41 Å². The van der Waals surface area contributed by atoms with Crippen molar-refractivity contribution in [2.75, 3.05) is 6.54 Å². The molecule has 0 saturated heterocycles. The molecule has 0 amide bonds. The van der Waals surface area contributed by atoms with Crippen LogP contribution in [-0.2, 0) is 0 Å². The van der Waals surface area contributed by atoms with Gasteiger partial charge in [0.15, 0.2) is 0 Å². The van der Waals surface area contributed by atoms with Gasteiger partial charge in [-0.05, 0) is 19.3 Å². The van der Waals surface area contributed by atoms with Crippen molar-refractivity contribution in [3.8, 4) is 0 Å². The minimum absolute atomic E-state index is 0.438. The molecule has 1 nitrogen and oxygen atoms in total. The molecule has 0 bridgehead atoms. The van der Waals surface area contributed by atoms with Gasteiger partial charge in [0.1, 0.15) is 0 Å². The molecule has 1 aliphatic heterocycles. The molecule has 0 aliphatic carbocycles. The topological polar surface area (TPSA) is 12.4 Å². The highest BCUT2D eigenvalue weighted by Gasteiger charge is 2.22. The lowest BCUT2D eigenvalue weighted by molar-refractivity contribution is 0.375. The van der Waals surface area contributed by atoms with E-state index in [-0.39, 0.29) is 0 Å². The first-order valence-electron chi connectivity index (χ1n) is 4.28. The van der Waals surface area contributed by atoms with Crippen molar-refractivity contribution < 1.29 is 0 Å². The summed E-state index contributed by atoms with van der Waals surface area (Å²) in [6, 6.07) is 0. The van der Waals surface area contributed by atoms with Crippen molar-refractivity contribution in [2.45, 2.75) is 39.5 Å². The number of rotatable bonds is 2. The van der Waals surface area contributed by atoms with E-state index in [1.807, 2.05) is 0 Å². The molecule has 0 aromatic heterocycles. The third-order valence-corrected chi connectivity index (χ3v) is 2.26. The number of aliphatic imine (C=N–C) groups is 1. The lowest BCUT2D eigenvalue weighted by atomic mass is 9.81. The Bertz CT molecular complexity index is 129. The molecule has 0 aromatic rings. The molecule has 1 rings (SSSR count). The lowest BCUT2D eigenvalue weighted by Crippen LogP contribution is -2.21. The van der Waals surface area contributed by atoms with Gasteiger partial charge in [0.05, 0.1) is 0 Å². The van der Waals surface area contributed by atoms with Gasteiger partial charge in [0.2, 0.25) is 0 Å². The Labute approximate surface area is 63.5 Å². The van der Waals surface area contributed by atoms with Gasteiger partial charge in [-0.1, -0.05) is 20.3 Å². The fraction of sp³-hybridized carbons (Fsp3) is 0.889. The minimum atomic E-state index is 0.438. The van der Waals surface area contributed by atoms with Crippen LogP contribution in [-0.4, -0.2) is 12.8 Å². The Balaban J connectivity index is 2.48. The van der Waals surface area contributed by atoms with Crippen LogP contribution < -0.4 is 0 Å². The van der Waals surface area contributed by atoms with Gasteiger partial charge in [-0.2, -0.15) is 0 Å². The van der Waals surface area contributed by atoms with E-state index in [0.717, 1.165) is 6.54 Å². The Morgan fingerprint density at radius 3 is 2.90 bits per heavy atom. The van der Waals surface area contributed by atoms with Crippen LogP contribution in [0.1, 0.15) is 39.5 Å². The monoisotopic (exact) mass is 139 g/mol. The standard InChI is InChI=1S/C9H17N/c1-3-5-9(2)6-4-7-10-8-9/h8H,3-7H2,1-2H3/t9-/m0/s1. The summed E-state index contributed by atoms with van der Waals surface area (Å²) in [6.45, 7) is 5.62. The van der Waals surface area contributed by atoms with E-state index in [2.05, 4.69) is 25.1 Å². The van der Waals surface area contributed by atoms with Crippen molar-refractivity contribution in [3.63, 3.8) is 0 Å². The van der Waals surface area contributed by atoms with Gasteiger partial charge in [-0.3, -0.25) is 4.99 Å². The van der Waals surface area contributed by atoms with Crippen LogP contribution >= 0.6 is 0 Å². The van der Waals surface area contributed by atoms with Crippen molar-refractivity contribution >= 4 is 6.21 Å². The summed E-state index contributed by atoms with van der Waals surface area (Å²) in [5.74, 6) is 0. The van der Waals surface area contributed by atoms with Gasteiger partial charge >= 0.3 is 0 Å². The largest absolute Gasteiger partial charge is 0.297 e. The summed E-state index contributed by atoms with van der Waals surface area (Å²) in [6.07, 6.45) is 7.37. The number of hydrogen-bond acceptors (Lipinski definition) is 1. The molecule has 1 heterocycles. The summed E-state index contributed by atoms with van der Waals surface area (Å²) in [5.41, 5.74) is 0.438. The second kappa shape index (κ2) is 3.18. The molecule has 0 fully saturated rings. The van der Waals surface area contributed by atoms with Crippen LogP contribution in [0.25, 0.3) is 0 Å². The summed E-state index contributed by atoms with van der Waals surface area (Å²) >= 11 is 0. The van der Waals surface area contributed by atoms with E-state index in [1.165, 1.54) is 25.7 Å². The molecule has 0 unspecified atom stereocenters. The summed E-state index contributed by atoms with van der Waals surface area (Å²) in [7, 11) is 0. The van der Waals surface area contributed by atoms with Crippen LogP contribution in [0.15, 0.2) is 4.99 Å². The highest BCUT2D eigenvalue weighted by atomic mass is 14.7. The van der Waals surface area contributed by atoms with E-state index in [4.69, 9.17) is 0 Å². The molecular weight excluding hydrogens is 122 g/mol. The highest BCUT2D eigenvalue weighted by molar-refractivity contribution is 5.65. The molecular formula is C9H17N. The number of nitrogens with zero attached hydrogens (tertiary/aromatic N) is 1. The smallest absolute Gasteiger partial charge is 0.0385 e. The molecule has 1 heteroatoms. The summed E-state index contributed by atoms with van der Waals surface area (Å²) in [5, 5.41) is 0. The second-order valence-electron chi connectivity index (χ2n) is 3.54. The second-order valence-corrected chi connectivity index (χ2v) is 3.54. The molecule has 58 valence electrons. The Kier molecular flexibility index (Phi) is 2.47. The zero-order valence-corrected chi connectivity index (χ0v) is 7.06. The highest BCUT2D eigenvalue weighted by Crippen LogP contribution is 2.29. The molecule has 1 aliphatic rings. The fourth-order valence-corrected chi connectivity index (χ4v) is 1.68. The molecule has 0 N–H and O–H groups in total. The Morgan fingerprint density at radius 1 is 1.60 bits per heavy atom. The van der Waals surface area contributed by atoms with Crippen LogP contribution in [0.5, 0.6) is 0 Å². The third kappa shape index (κ3) is 1.83. The zero-order chi connectivity index (χ0) is 7.45. The first kappa shape index (κ1) is 7.77. The van der Waals surface area contributed by atoms with Crippen molar-refractivity contribution in [3.05, 3.63) is 0 Å². The average molecular weight is 139 g/mol. The molecule has 0 spiro atoms. The lowest BCUT2D eigenvalue weighted by Gasteiger charge is -2.27. The SMILES string of the molecule is CCC[C@]1(C)C=NCCC1. The first-order chi connectivity index (χ1) is 4.77. The maximum atomic E-state index is 4.32. The molecule has 10 heavy (non-hydrogen) atoms. The van der Waals surface area contributed by atoms with Crippen LogP contribution in [0.4, 0.5) is 0 Å². The van der Waals surface area contributed by atoms with E-state index < -0.39 is 0 Å². The maximum absolute atomic E-state index is 4.32. The van der Waals surface area contributed by atoms with E-state index in [1.54, 1.807) is 0 Å². The average Bonchev–Trinajstić information content (AvgIpc) is 1.89. The van der Waals surface area contributed by atoms with Gasteiger partial charge in [0, 0.05) is 18.2 Å². The molecule has 0 radical (unpaired) electrons. The van der Waals surface area contributed by atoms with Crippen LogP contribution in [0, 0.1) is 5.41 Å².